The zero-order valence-corrected chi connectivity index (χ0v) is 8.98. The van der Waals surface area contributed by atoms with Crippen LogP contribution in [0.15, 0.2) is 54.7 Å². The van der Waals surface area contributed by atoms with E-state index >= 15 is 0 Å². The number of hydrogen-bond donors (Lipinski definition) is 1. The number of fused-ring (bicyclic) bond motifs is 1. The zero-order chi connectivity index (χ0) is 11.7. The van der Waals surface area contributed by atoms with Crippen molar-refractivity contribution in [3.63, 3.8) is 0 Å². The summed E-state index contributed by atoms with van der Waals surface area (Å²) in [5, 5.41) is 0.983. The third-order valence-electron chi connectivity index (χ3n) is 2.58. The monoisotopic (exact) mass is 227 g/mol. The summed E-state index contributed by atoms with van der Waals surface area (Å²) in [6.45, 7) is 0. The maximum Gasteiger partial charge on any atom is 0.136 e. The molecule has 0 radical (unpaired) electrons. The van der Waals surface area contributed by atoms with Crippen molar-refractivity contribution in [2.75, 3.05) is 0 Å². The number of nitrogens with one attached hydrogen (secondary N) is 1. The highest BCUT2D eigenvalue weighted by Gasteiger charge is 2.04. The Bertz CT molecular complexity index is 660. The van der Waals surface area contributed by atoms with Crippen molar-refractivity contribution >= 4 is 10.9 Å². The molecule has 2 aromatic carbocycles. The Kier molecular flexibility index (Phi) is 2.29. The highest BCUT2D eigenvalue weighted by Crippen LogP contribution is 2.29. The van der Waals surface area contributed by atoms with Crippen molar-refractivity contribution in [1.29, 1.82) is 0 Å². The summed E-state index contributed by atoms with van der Waals surface area (Å²) < 4.78 is 18.7. The second-order valence-electron chi connectivity index (χ2n) is 3.75. The van der Waals surface area contributed by atoms with Gasteiger partial charge in [0.1, 0.15) is 17.3 Å². The van der Waals surface area contributed by atoms with Crippen LogP contribution in [0.4, 0.5) is 4.39 Å². The first kappa shape index (κ1) is 9.90. The van der Waals surface area contributed by atoms with Gasteiger partial charge in [0, 0.05) is 23.2 Å². The average Bonchev–Trinajstić information content (AvgIpc) is 2.78. The number of rotatable bonds is 2. The van der Waals surface area contributed by atoms with E-state index in [9.17, 15) is 4.39 Å². The molecule has 0 saturated heterocycles. The van der Waals surface area contributed by atoms with E-state index in [1.165, 1.54) is 12.1 Å². The van der Waals surface area contributed by atoms with E-state index in [1.807, 2.05) is 30.5 Å². The lowest BCUT2D eigenvalue weighted by Gasteiger charge is -2.06. The molecule has 3 heteroatoms. The van der Waals surface area contributed by atoms with Gasteiger partial charge in [0.2, 0.25) is 0 Å². The van der Waals surface area contributed by atoms with Gasteiger partial charge >= 0.3 is 0 Å². The minimum Gasteiger partial charge on any atom is -0.457 e. The van der Waals surface area contributed by atoms with Gasteiger partial charge in [0.05, 0.1) is 0 Å². The lowest BCUT2D eigenvalue weighted by atomic mass is 10.2. The van der Waals surface area contributed by atoms with Crippen molar-refractivity contribution in [2.24, 2.45) is 0 Å². The summed E-state index contributed by atoms with van der Waals surface area (Å²) >= 11 is 0. The summed E-state index contributed by atoms with van der Waals surface area (Å²) in [6, 6.07) is 13.8. The summed E-state index contributed by atoms with van der Waals surface area (Å²) in [5.41, 5.74) is 0.999. The van der Waals surface area contributed by atoms with E-state index < -0.39 is 0 Å². The molecule has 0 aliphatic heterocycles. The standard InChI is InChI=1S/C14H10FNO/c15-10-3-1-4-11(9-10)17-14-6-2-5-13-12(14)7-8-16-13/h1-9,16H. The first-order chi connectivity index (χ1) is 8.33. The molecule has 1 N–H and O–H groups in total. The van der Waals surface area contributed by atoms with Crippen molar-refractivity contribution in [1.82, 2.24) is 4.98 Å². The second kappa shape index (κ2) is 3.94. The highest BCUT2D eigenvalue weighted by molar-refractivity contribution is 5.85. The quantitative estimate of drug-likeness (QED) is 0.700. The molecule has 0 atom stereocenters. The van der Waals surface area contributed by atoms with Crippen molar-refractivity contribution in [2.45, 2.75) is 0 Å². The number of hydrogen-bond acceptors (Lipinski definition) is 1. The Hall–Kier alpha value is -2.29. The predicted octanol–water partition coefficient (Wildman–Crippen LogP) is 4.10. The molecule has 1 heterocycles. The molecule has 3 aromatic rings. The van der Waals surface area contributed by atoms with E-state index in [0.717, 1.165) is 10.9 Å². The first-order valence-corrected chi connectivity index (χ1v) is 5.32. The summed E-state index contributed by atoms with van der Waals surface area (Å²) in [6.07, 6.45) is 1.85. The molecule has 0 aliphatic carbocycles. The molecule has 0 saturated carbocycles. The topological polar surface area (TPSA) is 25.0 Å². The van der Waals surface area contributed by atoms with Crippen molar-refractivity contribution in [3.8, 4) is 11.5 Å². The molecule has 0 aliphatic rings. The van der Waals surface area contributed by atoms with Crippen LogP contribution in [0.5, 0.6) is 11.5 Å². The van der Waals surface area contributed by atoms with E-state index in [1.54, 1.807) is 12.1 Å². The van der Waals surface area contributed by atoms with Crippen LogP contribution in [0, 0.1) is 5.82 Å². The Morgan fingerprint density at radius 2 is 1.88 bits per heavy atom. The molecule has 0 spiro atoms. The molecule has 3 rings (SSSR count). The lowest BCUT2D eigenvalue weighted by Crippen LogP contribution is -1.85. The maximum atomic E-state index is 13.0. The third-order valence-corrected chi connectivity index (χ3v) is 2.58. The number of benzene rings is 2. The number of ether oxygens (including phenoxy) is 1. The highest BCUT2D eigenvalue weighted by atomic mass is 19.1. The van der Waals surface area contributed by atoms with Crippen LogP contribution in [0.3, 0.4) is 0 Å². The Labute approximate surface area is 97.7 Å². The minimum atomic E-state index is -0.302. The van der Waals surface area contributed by atoms with Crippen LogP contribution >= 0.6 is 0 Å². The van der Waals surface area contributed by atoms with Gasteiger partial charge in [-0.15, -0.1) is 0 Å². The van der Waals surface area contributed by atoms with Crippen molar-refractivity contribution in [3.05, 3.63) is 60.5 Å². The van der Waals surface area contributed by atoms with E-state index in [0.29, 0.717) is 11.5 Å². The van der Waals surface area contributed by atoms with E-state index in [2.05, 4.69) is 4.98 Å². The van der Waals surface area contributed by atoms with E-state index in [-0.39, 0.29) is 5.82 Å². The van der Waals surface area contributed by atoms with Crippen LogP contribution in [0.1, 0.15) is 0 Å². The SMILES string of the molecule is Fc1cccc(Oc2cccc3[nH]ccc23)c1. The largest absolute Gasteiger partial charge is 0.457 e. The minimum absolute atomic E-state index is 0.302. The third kappa shape index (κ3) is 1.87. The normalized spacial score (nSPS) is 10.6. The molecular formula is C14H10FNO. The number of aromatic amines is 1. The fraction of sp³-hybridized carbons (Fsp3) is 0. The molecule has 0 amide bonds. The van der Waals surface area contributed by atoms with Gasteiger partial charge in [-0.1, -0.05) is 12.1 Å². The second-order valence-corrected chi connectivity index (χ2v) is 3.75. The number of aromatic nitrogens is 1. The molecule has 2 nitrogen and oxygen atoms in total. The summed E-state index contributed by atoms with van der Waals surface area (Å²) in [5.74, 6) is 0.914. The Balaban J connectivity index is 2.02. The smallest absolute Gasteiger partial charge is 0.136 e. The van der Waals surface area contributed by atoms with Gasteiger partial charge < -0.3 is 9.72 Å². The molecule has 0 bridgehead atoms. The maximum absolute atomic E-state index is 13.0. The van der Waals surface area contributed by atoms with Gasteiger partial charge in [-0.25, -0.2) is 4.39 Å². The van der Waals surface area contributed by atoms with Gasteiger partial charge in [0.15, 0.2) is 0 Å². The molecule has 1 aromatic heterocycles. The molecule has 0 unspecified atom stereocenters. The fourth-order valence-electron chi connectivity index (χ4n) is 1.80. The van der Waals surface area contributed by atoms with Gasteiger partial charge in [-0.2, -0.15) is 0 Å². The van der Waals surface area contributed by atoms with Crippen LogP contribution in [0.2, 0.25) is 0 Å². The van der Waals surface area contributed by atoms with Crippen LogP contribution in [-0.4, -0.2) is 4.98 Å². The van der Waals surface area contributed by atoms with Crippen LogP contribution in [-0.2, 0) is 0 Å². The van der Waals surface area contributed by atoms with Gasteiger partial charge in [-0.3, -0.25) is 0 Å². The van der Waals surface area contributed by atoms with Crippen LogP contribution in [0.25, 0.3) is 10.9 Å². The van der Waals surface area contributed by atoms with Crippen molar-refractivity contribution < 1.29 is 9.13 Å². The number of halogens is 1. The average molecular weight is 227 g/mol. The zero-order valence-electron chi connectivity index (χ0n) is 8.98. The number of H-pyrrole nitrogens is 1. The van der Waals surface area contributed by atoms with Gasteiger partial charge in [0.25, 0.3) is 0 Å². The van der Waals surface area contributed by atoms with Crippen LogP contribution < -0.4 is 4.74 Å². The van der Waals surface area contributed by atoms with Gasteiger partial charge in [-0.05, 0) is 30.3 Å². The Morgan fingerprint density at radius 3 is 2.76 bits per heavy atom. The summed E-state index contributed by atoms with van der Waals surface area (Å²) in [4.78, 5) is 3.10. The molecular weight excluding hydrogens is 217 g/mol. The fourth-order valence-corrected chi connectivity index (χ4v) is 1.80. The van der Waals surface area contributed by atoms with E-state index in [4.69, 9.17) is 4.74 Å². The molecule has 84 valence electrons. The predicted molar refractivity (Wildman–Crippen MR) is 64.8 cm³/mol. The summed E-state index contributed by atoms with van der Waals surface area (Å²) in [7, 11) is 0. The Morgan fingerprint density at radius 1 is 1.00 bits per heavy atom. The molecule has 17 heavy (non-hydrogen) atoms. The first-order valence-electron chi connectivity index (χ1n) is 5.32. The lowest BCUT2D eigenvalue weighted by molar-refractivity contribution is 0.482. The molecule has 0 fully saturated rings.